The van der Waals surface area contributed by atoms with Crippen LogP contribution in [-0.2, 0) is 0 Å². The molecule has 21 heavy (non-hydrogen) atoms. The van der Waals surface area contributed by atoms with Crippen molar-refractivity contribution in [1.29, 1.82) is 0 Å². The molecule has 0 aromatic heterocycles. The lowest BCUT2D eigenvalue weighted by atomic mass is 9.85. The molecule has 2 rings (SSSR count). The van der Waals surface area contributed by atoms with Crippen molar-refractivity contribution in [3.8, 4) is 0 Å². The smallest absolute Gasteiger partial charge is 0.0474 e. The van der Waals surface area contributed by atoms with E-state index in [0.29, 0.717) is 12.1 Å². The minimum absolute atomic E-state index is 0.299. The second-order valence-corrected chi connectivity index (χ2v) is 7.10. The molecule has 0 saturated carbocycles. The SMILES string of the molecule is CCNC(C)c1ccc(N2CC(C)CC(C)C2C)cc1Cl. The Hall–Kier alpha value is -0.730. The summed E-state index contributed by atoms with van der Waals surface area (Å²) in [4.78, 5) is 2.52. The first-order valence-corrected chi connectivity index (χ1v) is 8.61. The van der Waals surface area contributed by atoms with Crippen molar-refractivity contribution >= 4 is 17.3 Å². The predicted molar refractivity (Wildman–Crippen MR) is 93.3 cm³/mol. The summed E-state index contributed by atoms with van der Waals surface area (Å²) < 4.78 is 0. The van der Waals surface area contributed by atoms with E-state index in [4.69, 9.17) is 11.6 Å². The predicted octanol–water partition coefficient (Wildman–Crippen LogP) is 4.88. The van der Waals surface area contributed by atoms with Gasteiger partial charge in [0.25, 0.3) is 0 Å². The molecule has 0 aliphatic carbocycles. The number of hydrogen-bond acceptors (Lipinski definition) is 2. The molecule has 1 aromatic carbocycles. The summed E-state index contributed by atoms with van der Waals surface area (Å²) in [6.45, 7) is 13.4. The van der Waals surface area contributed by atoms with Crippen LogP contribution in [0.3, 0.4) is 0 Å². The Labute approximate surface area is 134 Å². The van der Waals surface area contributed by atoms with Gasteiger partial charge in [0.15, 0.2) is 0 Å². The van der Waals surface area contributed by atoms with Crippen molar-refractivity contribution in [3.05, 3.63) is 28.8 Å². The van der Waals surface area contributed by atoms with Crippen LogP contribution in [0.1, 0.15) is 52.6 Å². The van der Waals surface area contributed by atoms with E-state index in [1.54, 1.807) is 0 Å². The monoisotopic (exact) mass is 308 g/mol. The molecule has 0 amide bonds. The molecule has 0 spiro atoms. The molecule has 4 unspecified atom stereocenters. The maximum atomic E-state index is 6.53. The molecule has 0 radical (unpaired) electrons. The van der Waals surface area contributed by atoms with Gasteiger partial charge in [-0.05, 0) is 56.3 Å². The van der Waals surface area contributed by atoms with Crippen molar-refractivity contribution in [3.63, 3.8) is 0 Å². The van der Waals surface area contributed by atoms with Crippen LogP contribution in [0.5, 0.6) is 0 Å². The van der Waals surface area contributed by atoms with Crippen LogP contribution >= 0.6 is 11.6 Å². The topological polar surface area (TPSA) is 15.3 Å². The number of rotatable bonds is 4. The first-order valence-electron chi connectivity index (χ1n) is 8.23. The molecule has 1 fully saturated rings. The molecule has 1 saturated heterocycles. The fraction of sp³-hybridized carbons (Fsp3) is 0.667. The van der Waals surface area contributed by atoms with Crippen molar-refractivity contribution < 1.29 is 0 Å². The Balaban J connectivity index is 2.23. The zero-order valence-corrected chi connectivity index (χ0v) is 14.7. The fourth-order valence-electron chi connectivity index (χ4n) is 3.52. The number of piperidine rings is 1. The van der Waals surface area contributed by atoms with Gasteiger partial charge < -0.3 is 10.2 Å². The molecule has 1 aliphatic rings. The second kappa shape index (κ2) is 7.02. The van der Waals surface area contributed by atoms with Crippen molar-refractivity contribution in [2.24, 2.45) is 11.8 Å². The standard InChI is InChI=1S/C18H29ClN2/c1-6-20-14(4)17-8-7-16(10-18(17)19)21-11-12(2)9-13(3)15(21)5/h7-8,10,12-15,20H,6,9,11H2,1-5H3. The molecule has 118 valence electrons. The largest absolute Gasteiger partial charge is 0.368 e. The van der Waals surface area contributed by atoms with Gasteiger partial charge in [0.05, 0.1) is 0 Å². The number of anilines is 1. The van der Waals surface area contributed by atoms with Crippen LogP contribution in [0.15, 0.2) is 18.2 Å². The van der Waals surface area contributed by atoms with Gasteiger partial charge in [0.2, 0.25) is 0 Å². The Morgan fingerprint density at radius 1 is 1.33 bits per heavy atom. The van der Waals surface area contributed by atoms with Crippen LogP contribution in [-0.4, -0.2) is 19.1 Å². The second-order valence-electron chi connectivity index (χ2n) is 6.70. The van der Waals surface area contributed by atoms with Gasteiger partial charge in [-0.15, -0.1) is 0 Å². The van der Waals surface area contributed by atoms with Crippen LogP contribution in [0, 0.1) is 11.8 Å². The average Bonchev–Trinajstić information content (AvgIpc) is 2.42. The zero-order chi connectivity index (χ0) is 15.6. The van der Waals surface area contributed by atoms with Gasteiger partial charge in [-0.2, -0.15) is 0 Å². The third-order valence-corrected chi connectivity index (χ3v) is 5.22. The highest BCUT2D eigenvalue weighted by Crippen LogP contribution is 2.34. The molecule has 0 bridgehead atoms. The van der Waals surface area contributed by atoms with Crippen LogP contribution in [0.2, 0.25) is 5.02 Å². The first kappa shape index (κ1) is 16.6. The number of nitrogens with zero attached hydrogens (tertiary/aromatic N) is 1. The molecule has 1 aliphatic heterocycles. The third-order valence-electron chi connectivity index (χ3n) is 4.89. The van der Waals surface area contributed by atoms with Gasteiger partial charge >= 0.3 is 0 Å². The molecular formula is C18H29ClN2. The van der Waals surface area contributed by atoms with E-state index in [9.17, 15) is 0 Å². The lowest BCUT2D eigenvalue weighted by Crippen LogP contribution is -2.45. The summed E-state index contributed by atoms with van der Waals surface area (Å²) in [5.74, 6) is 1.48. The van der Waals surface area contributed by atoms with Crippen LogP contribution in [0.4, 0.5) is 5.69 Å². The normalized spacial score (nSPS) is 27.7. The van der Waals surface area contributed by atoms with Gasteiger partial charge in [-0.1, -0.05) is 38.4 Å². The molecule has 3 heteroatoms. The summed E-state index contributed by atoms with van der Waals surface area (Å²) in [6, 6.07) is 7.44. The summed E-state index contributed by atoms with van der Waals surface area (Å²) in [5.41, 5.74) is 2.45. The third kappa shape index (κ3) is 3.73. The molecule has 2 nitrogen and oxygen atoms in total. The quantitative estimate of drug-likeness (QED) is 0.852. The van der Waals surface area contributed by atoms with Gasteiger partial charge in [-0.3, -0.25) is 0 Å². The Kier molecular flexibility index (Phi) is 5.56. The molecule has 1 heterocycles. The van der Waals surface area contributed by atoms with Crippen molar-refractivity contribution in [2.75, 3.05) is 18.0 Å². The first-order chi connectivity index (χ1) is 9.93. The van der Waals surface area contributed by atoms with E-state index < -0.39 is 0 Å². The summed E-state index contributed by atoms with van der Waals surface area (Å²) in [7, 11) is 0. The number of nitrogens with one attached hydrogen (secondary N) is 1. The van der Waals surface area contributed by atoms with Crippen LogP contribution in [0.25, 0.3) is 0 Å². The van der Waals surface area contributed by atoms with E-state index in [1.165, 1.54) is 17.7 Å². The molecule has 4 atom stereocenters. The lowest BCUT2D eigenvalue weighted by Gasteiger charge is -2.42. The maximum absolute atomic E-state index is 6.53. The Bertz CT molecular complexity index is 474. The van der Waals surface area contributed by atoms with Gasteiger partial charge in [-0.25, -0.2) is 0 Å². The van der Waals surface area contributed by atoms with E-state index in [1.807, 2.05) is 0 Å². The number of halogens is 1. The highest BCUT2D eigenvalue weighted by atomic mass is 35.5. The van der Waals surface area contributed by atoms with E-state index >= 15 is 0 Å². The molecule has 1 N–H and O–H groups in total. The van der Waals surface area contributed by atoms with Gasteiger partial charge in [0, 0.05) is 29.3 Å². The highest BCUT2D eigenvalue weighted by Gasteiger charge is 2.29. The van der Waals surface area contributed by atoms with E-state index in [0.717, 1.165) is 29.9 Å². The van der Waals surface area contributed by atoms with Crippen molar-refractivity contribution in [1.82, 2.24) is 5.32 Å². The lowest BCUT2D eigenvalue weighted by molar-refractivity contribution is 0.297. The Morgan fingerprint density at radius 3 is 2.67 bits per heavy atom. The average molecular weight is 309 g/mol. The van der Waals surface area contributed by atoms with Crippen molar-refractivity contribution in [2.45, 2.75) is 53.1 Å². The molecular weight excluding hydrogens is 280 g/mol. The highest BCUT2D eigenvalue weighted by molar-refractivity contribution is 6.31. The fourth-order valence-corrected chi connectivity index (χ4v) is 3.86. The van der Waals surface area contributed by atoms with Crippen LogP contribution < -0.4 is 10.2 Å². The number of benzene rings is 1. The summed E-state index contributed by atoms with van der Waals surface area (Å²) >= 11 is 6.53. The minimum atomic E-state index is 0.299. The minimum Gasteiger partial charge on any atom is -0.368 e. The van der Waals surface area contributed by atoms with E-state index in [-0.39, 0.29) is 0 Å². The van der Waals surface area contributed by atoms with Gasteiger partial charge in [0.1, 0.15) is 0 Å². The summed E-state index contributed by atoms with van der Waals surface area (Å²) in [6.07, 6.45) is 1.32. The summed E-state index contributed by atoms with van der Waals surface area (Å²) in [5, 5.41) is 4.30. The number of hydrogen-bond donors (Lipinski definition) is 1. The molecule has 1 aromatic rings. The zero-order valence-electron chi connectivity index (χ0n) is 14.0. The van der Waals surface area contributed by atoms with E-state index in [2.05, 4.69) is 63.0 Å². The maximum Gasteiger partial charge on any atom is 0.0474 e. The Morgan fingerprint density at radius 2 is 2.05 bits per heavy atom.